The number of aliphatic carboxylic acids is 1. The van der Waals surface area contributed by atoms with Crippen LogP contribution in [0.25, 0.3) is 0 Å². The van der Waals surface area contributed by atoms with E-state index in [2.05, 4.69) is 0 Å². The Morgan fingerprint density at radius 3 is 1.72 bits per heavy atom. The third-order valence-electron chi connectivity index (χ3n) is 5.79. The lowest BCUT2D eigenvalue weighted by Crippen LogP contribution is -2.37. The monoisotopic (exact) mass is 623 g/mol. The summed E-state index contributed by atoms with van der Waals surface area (Å²) in [5.41, 5.74) is -8.22. The molecule has 0 bridgehead atoms. The van der Waals surface area contributed by atoms with Gasteiger partial charge in [0.1, 0.15) is 29.3 Å². The van der Waals surface area contributed by atoms with Gasteiger partial charge >= 0.3 is 18.3 Å². The minimum atomic E-state index is -4.95. The highest BCUT2D eigenvalue weighted by molar-refractivity contribution is 6.05. The second-order valence-corrected chi connectivity index (χ2v) is 8.68. The first kappa shape index (κ1) is 32.4. The van der Waals surface area contributed by atoms with Gasteiger partial charge in [0.25, 0.3) is 17.4 Å². The SMILES string of the molecule is O=C(O)CNC(=O)c1c(O)c(C(=O)NCc2ccc(C(F)(F)F)cc2F)c(O)n(Cc2ccc(C(F)(F)F)cc2F)c1=O. The van der Waals surface area contributed by atoms with Crippen LogP contribution in [0.4, 0.5) is 35.1 Å². The number of pyridine rings is 1. The molecule has 0 unspecified atom stereocenters. The summed E-state index contributed by atoms with van der Waals surface area (Å²) in [6.07, 6.45) is -9.85. The Labute approximate surface area is 233 Å². The number of alkyl halides is 6. The summed E-state index contributed by atoms with van der Waals surface area (Å²) in [4.78, 5) is 49.3. The highest BCUT2D eigenvalue weighted by Gasteiger charge is 2.34. The molecule has 0 fully saturated rings. The number of hydrogen-bond acceptors (Lipinski definition) is 6. The van der Waals surface area contributed by atoms with Crippen LogP contribution in [0.15, 0.2) is 41.2 Å². The maximum Gasteiger partial charge on any atom is 0.416 e. The van der Waals surface area contributed by atoms with Crippen LogP contribution in [0.1, 0.15) is 43.0 Å². The van der Waals surface area contributed by atoms with E-state index in [1.54, 1.807) is 5.32 Å². The number of carbonyl (C=O) groups is 3. The number of carboxylic acid groups (broad SMARTS) is 1. The Hall–Kier alpha value is -5.16. The zero-order chi connectivity index (χ0) is 32.4. The molecule has 0 aliphatic rings. The predicted molar refractivity (Wildman–Crippen MR) is 127 cm³/mol. The van der Waals surface area contributed by atoms with E-state index >= 15 is 0 Å². The molecule has 1 aromatic heterocycles. The van der Waals surface area contributed by atoms with Crippen LogP contribution in [0.2, 0.25) is 0 Å². The molecule has 0 saturated heterocycles. The Bertz CT molecular complexity index is 1670. The maximum absolute atomic E-state index is 14.5. The molecule has 2 aromatic carbocycles. The molecule has 5 N–H and O–H groups in total. The molecule has 3 aromatic rings. The van der Waals surface area contributed by atoms with Gasteiger partial charge in [-0.2, -0.15) is 26.3 Å². The number of nitrogens with zero attached hydrogens (tertiary/aromatic N) is 1. The quantitative estimate of drug-likeness (QED) is 0.241. The van der Waals surface area contributed by atoms with E-state index in [0.717, 1.165) is 0 Å². The van der Waals surface area contributed by atoms with E-state index in [4.69, 9.17) is 5.11 Å². The van der Waals surface area contributed by atoms with Gasteiger partial charge in [-0.05, 0) is 24.3 Å². The van der Waals surface area contributed by atoms with Gasteiger partial charge in [-0.1, -0.05) is 12.1 Å². The van der Waals surface area contributed by atoms with Gasteiger partial charge in [0, 0.05) is 17.7 Å². The van der Waals surface area contributed by atoms with Crippen LogP contribution < -0.4 is 16.2 Å². The van der Waals surface area contributed by atoms with Crippen molar-refractivity contribution >= 4 is 17.8 Å². The molecule has 10 nitrogen and oxygen atoms in total. The van der Waals surface area contributed by atoms with Crippen molar-refractivity contribution in [3.05, 3.63) is 91.8 Å². The van der Waals surface area contributed by atoms with Crippen LogP contribution in [-0.2, 0) is 30.2 Å². The molecule has 43 heavy (non-hydrogen) atoms. The van der Waals surface area contributed by atoms with Gasteiger partial charge in [0.2, 0.25) is 5.88 Å². The summed E-state index contributed by atoms with van der Waals surface area (Å²) < 4.78 is 106. The Morgan fingerprint density at radius 1 is 0.767 bits per heavy atom. The van der Waals surface area contributed by atoms with Crippen molar-refractivity contribution in [3.8, 4) is 11.6 Å². The topological polar surface area (TPSA) is 158 Å². The van der Waals surface area contributed by atoms with Crippen molar-refractivity contribution in [1.82, 2.24) is 15.2 Å². The smallest absolute Gasteiger partial charge is 0.416 e. The summed E-state index contributed by atoms with van der Waals surface area (Å²) in [5.74, 6) is -10.7. The molecule has 3 rings (SSSR count). The average Bonchev–Trinajstić information content (AvgIpc) is 2.88. The first-order chi connectivity index (χ1) is 19.8. The fourth-order valence-corrected chi connectivity index (χ4v) is 3.66. The number of carboxylic acids is 1. The summed E-state index contributed by atoms with van der Waals surface area (Å²) in [6.45, 7) is -3.10. The number of carbonyl (C=O) groups excluding carboxylic acids is 2. The number of hydrogen-bond donors (Lipinski definition) is 5. The van der Waals surface area contributed by atoms with Gasteiger partial charge in [-0.25, -0.2) is 8.78 Å². The normalized spacial score (nSPS) is 11.7. The summed E-state index contributed by atoms with van der Waals surface area (Å²) >= 11 is 0. The third kappa shape index (κ3) is 7.19. The van der Waals surface area contributed by atoms with Crippen molar-refractivity contribution in [3.63, 3.8) is 0 Å². The number of benzene rings is 2. The lowest BCUT2D eigenvalue weighted by atomic mass is 10.1. The highest BCUT2D eigenvalue weighted by Crippen LogP contribution is 2.33. The van der Waals surface area contributed by atoms with Crippen LogP contribution in [0, 0.1) is 11.6 Å². The van der Waals surface area contributed by atoms with Gasteiger partial charge in [0.15, 0.2) is 5.75 Å². The maximum atomic E-state index is 14.5. The Balaban J connectivity index is 2.08. The lowest BCUT2D eigenvalue weighted by Gasteiger charge is -2.18. The highest BCUT2D eigenvalue weighted by atomic mass is 19.4. The number of rotatable bonds is 8. The molecular formula is C25H17F8N3O7. The molecule has 230 valence electrons. The van der Waals surface area contributed by atoms with E-state index in [0.29, 0.717) is 24.3 Å². The van der Waals surface area contributed by atoms with E-state index in [9.17, 15) is 64.5 Å². The summed E-state index contributed by atoms with van der Waals surface area (Å²) in [7, 11) is 0. The minimum absolute atomic E-state index is 0.0601. The number of aromatic nitrogens is 1. The Kier molecular flexibility index (Phi) is 9.02. The molecule has 0 atom stereocenters. The zero-order valence-corrected chi connectivity index (χ0v) is 21.0. The average molecular weight is 623 g/mol. The van der Waals surface area contributed by atoms with Gasteiger partial charge in [-0.3, -0.25) is 23.7 Å². The molecule has 0 spiro atoms. The fraction of sp³-hybridized carbons (Fsp3) is 0.200. The van der Waals surface area contributed by atoms with E-state index in [-0.39, 0.29) is 16.7 Å². The number of amides is 2. The van der Waals surface area contributed by atoms with E-state index in [1.807, 2.05) is 5.32 Å². The molecular weight excluding hydrogens is 606 g/mol. The zero-order valence-electron chi connectivity index (χ0n) is 21.0. The number of aromatic hydroxyl groups is 2. The number of nitrogens with one attached hydrogen (secondary N) is 2. The molecule has 0 radical (unpaired) electrons. The molecule has 0 saturated carbocycles. The molecule has 0 aliphatic heterocycles. The van der Waals surface area contributed by atoms with Crippen molar-refractivity contribution in [2.24, 2.45) is 0 Å². The molecule has 1 heterocycles. The van der Waals surface area contributed by atoms with Gasteiger partial charge in [0.05, 0.1) is 17.7 Å². The second-order valence-electron chi connectivity index (χ2n) is 8.68. The second kappa shape index (κ2) is 12.0. The minimum Gasteiger partial charge on any atom is -0.506 e. The van der Waals surface area contributed by atoms with Crippen LogP contribution >= 0.6 is 0 Å². The van der Waals surface area contributed by atoms with Gasteiger partial charge < -0.3 is 26.0 Å². The summed E-state index contributed by atoms with van der Waals surface area (Å²) in [6, 6.07) is 2.34. The molecule has 0 aliphatic carbocycles. The van der Waals surface area contributed by atoms with Crippen molar-refractivity contribution in [1.29, 1.82) is 0 Å². The lowest BCUT2D eigenvalue weighted by molar-refractivity contribution is -0.138. The van der Waals surface area contributed by atoms with Gasteiger partial charge in [-0.15, -0.1) is 0 Å². The third-order valence-corrected chi connectivity index (χ3v) is 5.79. The molecule has 18 heteroatoms. The van der Waals surface area contributed by atoms with Crippen LogP contribution in [-0.4, -0.2) is 44.2 Å². The molecule has 2 amide bonds. The van der Waals surface area contributed by atoms with Crippen molar-refractivity contribution < 1.29 is 64.8 Å². The summed E-state index contributed by atoms with van der Waals surface area (Å²) in [5, 5.41) is 33.7. The number of halogens is 8. The Morgan fingerprint density at radius 2 is 1.26 bits per heavy atom. The van der Waals surface area contributed by atoms with E-state index < -0.39 is 112 Å². The first-order valence-corrected chi connectivity index (χ1v) is 11.5. The van der Waals surface area contributed by atoms with Crippen molar-refractivity contribution in [2.45, 2.75) is 25.4 Å². The van der Waals surface area contributed by atoms with E-state index in [1.165, 1.54) is 0 Å². The largest absolute Gasteiger partial charge is 0.506 e. The predicted octanol–water partition coefficient (Wildman–Crippen LogP) is 3.37. The first-order valence-electron chi connectivity index (χ1n) is 11.5. The standard InChI is InChI=1S/C25H17F8N3O7/c26-14-5-12(24(28,29)30)3-1-10(14)7-34-20(40)17-19(39)18(21(41)35-8-16(37)38)23(43)36(22(17)42)9-11-2-4-13(6-15(11)27)25(31,32)33/h1-6,39,42H,7-9H2,(H,34,40)(H,35,41)(H,37,38). The van der Waals surface area contributed by atoms with Crippen molar-refractivity contribution in [2.75, 3.05) is 6.54 Å². The fourth-order valence-electron chi connectivity index (χ4n) is 3.66. The van der Waals surface area contributed by atoms with Crippen LogP contribution in [0.3, 0.4) is 0 Å². The van der Waals surface area contributed by atoms with Crippen LogP contribution in [0.5, 0.6) is 11.6 Å².